The summed E-state index contributed by atoms with van der Waals surface area (Å²) in [6.07, 6.45) is 0. The van der Waals surface area contributed by atoms with Gasteiger partial charge in [-0.3, -0.25) is 4.18 Å². The van der Waals surface area contributed by atoms with Gasteiger partial charge in [-0.25, -0.2) is 4.39 Å². The van der Waals surface area contributed by atoms with Crippen LogP contribution in [-0.4, -0.2) is 21.7 Å². The number of benzene rings is 1. The maximum atomic E-state index is 11.7. The van der Waals surface area contributed by atoms with Gasteiger partial charge in [0.15, 0.2) is 0 Å². The van der Waals surface area contributed by atoms with Gasteiger partial charge in [0, 0.05) is 3.57 Å². The van der Waals surface area contributed by atoms with Crippen molar-refractivity contribution < 1.29 is 17.0 Å². The number of halogens is 2. The molecule has 1 rings (SSSR count). The third-order valence-electron chi connectivity index (χ3n) is 1.42. The fourth-order valence-corrected chi connectivity index (χ4v) is 2.06. The summed E-state index contributed by atoms with van der Waals surface area (Å²) >= 11 is 2.06. The molecule has 78 valence electrons. The maximum absolute atomic E-state index is 11.7. The molecule has 0 saturated carbocycles. The highest BCUT2D eigenvalue weighted by Gasteiger charge is 2.13. The SMILES string of the molecule is O=S(=O)(OCCF)c1ccc(I)cc1. The molecule has 0 spiro atoms. The molecule has 0 bridgehead atoms. The van der Waals surface area contributed by atoms with Crippen LogP contribution in [0.4, 0.5) is 4.39 Å². The lowest BCUT2D eigenvalue weighted by atomic mass is 10.4. The number of alkyl halides is 1. The molecule has 0 aromatic heterocycles. The van der Waals surface area contributed by atoms with E-state index < -0.39 is 23.4 Å². The molecule has 0 aliphatic carbocycles. The molecule has 6 heteroatoms. The minimum atomic E-state index is -3.78. The van der Waals surface area contributed by atoms with Gasteiger partial charge in [-0.1, -0.05) is 0 Å². The van der Waals surface area contributed by atoms with Gasteiger partial charge < -0.3 is 0 Å². The zero-order valence-corrected chi connectivity index (χ0v) is 10.1. The summed E-state index contributed by atoms with van der Waals surface area (Å²) in [5.41, 5.74) is 0. The summed E-state index contributed by atoms with van der Waals surface area (Å²) in [5, 5.41) is 0. The second-order valence-electron chi connectivity index (χ2n) is 2.42. The molecular formula is C8H8FIO3S. The van der Waals surface area contributed by atoms with Gasteiger partial charge in [0.25, 0.3) is 10.1 Å². The van der Waals surface area contributed by atoms with E-state index in [1.165, 1.54) is 12.1 Å². The summed E-state index contributed by atoms with van der Waals surface area (Å²) in [6, 6.07) is 6.14. The average Bonchev–Trinajstić information content (AvgIpc) is 2.16. The lowest BCUT2D eigenvalue weighted by molar-refractivity contribution is 0.277. The van der Waals surface area contributed by atoms with Crippen molar-refractivity contribution >= 4 is 32.7 Å². The highest BCUT2D eigenvalue weighted by molar-refractivity contribution is 14.1. The third kappa shape index (κ3) is 3.18. The monoisotopic (exact) mass is 330 g/mol. The summed E-state index contributed by atoms with van der Waals surface area (Å²) in [5.74, 6) is 0. The van der Waals surface area contributed by atoms with Crippen molar-refractivity contribution in [1.29, 1.82) is 0 Å². The first-order valence-corrected chi connectivity index (χ1v) is 6.26. The molecule has 0 unspecified atom stereocenters. The maximum Gasteiger partial charge on any atom is 0.297 e. The van der Waals surface area contributed by atoms with Crippen LogP contribution in [-0.2, 0) is 14.3 Å². The van der Waals surface area contributed by atoms with Crippen molar-refractivity contribution in [2.45, 2.75) is 4.90 Å². The zero-order valence-electron chi connectivity index (χ0n) is 7.11. The Hall–Kier alpha value is -0.210. The van der Waals surface area contributed by atoms with Crippen LogP contribution in [0.1, 0.15) is 0 Å². The lowest BCUT2D eigenvalue weighted by Crippen LogP contribution is -2.08. The van der Waals surface area contributed by atoms with E-state index in [0.29, 0.717) is 0 Å². The molecule has 0 saturated heterocycles. The smallest absolute Gasteiger partial charge is 0.264 e. The van der Waals surface area contributed by atoms with Gasteiger partial charge in [-0.15, -0.1) is 0 Å². The second-order valence-corrected chi connectivity index (χ2v) is 5.28. The molecule has 1 aromatic carbocycles. The van der Waals surface area contributed by atoms with Crippen LogP contribution < -0.4 is 0 Å². The van der Waals surface area contributed by atoms with Crippen molar-refractivity contribution in [3.8, 4) is 0 Å². The molecule has 0 atom stereocenters. The first kappa shape index (κ1) is 11.9. The minimum Gasteiger partial charge on any atom is -0.264 e. The van der Waals surface area contributed by atoms with Crippen molar-refractivity contribution in [2.75, 3.05) is 13.3 Å². The highest BCUT2D eigenvalue weighted by atomic mass is 127. The van der Waals surface area contributed by atoms with Crippen molar-refractivity contribution in [3.05, 3.63) is 27.8 Å². The second kappa shape index (κ2) is 5.04. The van der Waals surface area contributed by atoms with E-state index in [1.54, 1.807) is 12.1 Å². The molecule has 0 radical (unpaired) electrons. The van der Waals surface area contributed by atoms with Crippen LogP contribution in [0.25, 0.3) is 0 Å². The summed E-state index contributed by atoms with van der Waals surface area (Å²) in [6.45, 7) is -1.25. The molecule has 0 N–H and O–H groups in total. The Morgan fingerprint density at radius 3 is 2.36 bits per heavy atom. The first-order chi connectivity index (χ1) is 6.56. The standard InChI is InChI=1S/C8H8FIO3S/c9-5-6-13-14(11,12)8-3-1-7(10)2-4-8/h1-4H,5-6H2. The Labute approximate surface area is 95.5 Å². The molecule has 3 nitrogen and oxygen atoms in total. The molecule has 1 aromatic rings. The van der Waals surface area contributed by atoms with E-state index >= 15 is 0 Å². The van der Waals surface area contributed by atoms with Gasteiger partial charge in [0.1, 0.15) is 6.67 Å². The normalized spacial score (nSPS) is 11.6. The van der Waals surface area contributed by atoms with Gasteiger partial charge in [0.2, 0.25) is 0 Å². The summed E-state index contributed by atoms with van der Waals surface area (Å²) in [4.78, 5) is 0.0476. The van der Waals surface area contributed by atoms with E-state index in [4.69, 9.17) is 0 Å². The Bertz CT molecular complexity index is 388. The van der Waals surface area contributed by atoms with Crippen LogP contribution in [0.5, 0.6) is 0 Å². The Kier molecular flexibility index (Phi) is 4.27. The quantitative estimate of drug-likeness (QED) is 0.626. The van der Waals surface area contributed by atoms with Crippen LogP contribution in [0, 0.1) is 3.57 Å². The van der Waals surface area contributed by atoms with E-state index in [9.17, 15) is 12.8 Å². The summed E-state index contributed by atoms with van der Waals surface area (Å²) in [7, 11) is -3.78. The lowest BCUT2D eigenvalue weighted by Gasteiger charge is -2.03. The van der Waals surface area contributed by atoms with Gasteiger partial charge in [-0.05, 0) is 46.9 Å². The molecule has 0 aliphatic rings. The first-order valence-electron chi connectivity index (χ1n) is 3.77. The largest absolute Gasteiger partial charge is 0.297 e. The molecule has 0 heterocycles. The van der Waals surface area contributed by atoms with Crippen molar-refractivity contribution in [2.24, 2.45) is 0 Å². The Balaban J connectivity index is 2.87. The van der Waals surface area contributed by atoms with E-state index in [0.717, 1.165) is 3.57 Å². The van der Waals surface area contributed by atoms with E-state index in [-0.39, 0.29) is 4.90 Å². The third-order valence-corrected chi connectivity index (χ3v) is 3.46. The molecule has 0 amide bonds. The Morgan fingerprint density at radius 1 is 1.29 bits per heavy atom. The van der Waals surface area contributed by atoms with Crippen LogP contribution in [0.15, 0.2) is 29.2 Å². The Morgan fingerprint density at radius 2 is 1.86 bits per heavy atom. The van der Waals surface area contributed by atoms with Gasteiger partial charge in [-0.2, -0.15) is 8.42 Å². The van der Waals surface area contributed by atoms with E-state index in [2.05, 4.69) is 26.8 Å². The predicted molar refractivity (Wildman–Crippen MR) is 58.3 cm³/mol. The van der Waals surface area contributed by atoms with Gasteiger partial charge in [0.05, 0.1) is 11.5 Å². The predicted octanol–water partition coefficient (Wildman–Crippen LogP) is 1.97. The molecule has 0 fully saturated rings. The fourth-order valence-electron chi connectivity index (χ4n) is 0.811. The fraction of sp³-hybridized carbons (Fsp3) is 0.250. The van der Waals surface area contributed by atoms with Crippen molar-refractivity contribution in [1.82, 2.24) is 0 Å². The highest BCUT2D eigenvalue weighted by Crippen LogP contribution is 2.14. The molecule has 14 heavy (non-hydrogen) atoms. The zero-order chi connectivity index (χ0) is 10.6. The number of hydrogen-bond donors (Lipinski definition) is 0. The van der Waals surface area contributed by atoms with Crippen LogP contribution in [0.3, 0.4) is 0 Å². The number of hydrogen-bond acceptors (Lipinski definition) is 3. The van der Waals surface area contributed by atoms with E-state index in [1.807, 2.05) is 0 Å². The molecule has 0 aliphatic heterocycles. The molecular weight excluding hydrogens is 322 g/mol. The van der Waals surface area contributed by atoms with Crippen LogP contribution in [0.2, 0.25) is 0 Å². The number of rotatable bonds is 4. The minimum absolute atomic E-state index is 0.0476. The average molecular weight is 330 g/mol. The topological polar surface area (TPSA) is 43.4 Å². The van der Waals surface area contributed by atoms with Crippen LogP contribution >= 0.6 is 22.6 Å². The van der Waals surface area contributed by atoms with Crippen molar-refractivity contribution in [3.63, 3.8) is 0 Å². The van der Waals surface area contributed by atoms with Gasteiger partial charge >= 0.3 is 0 Å². The summed E-state index contributed by atoms with van der Waals surface area (Å²) < 4.78 is 39.7.